The maximum atomic E-state index is 13.1. The number of esters is 1. The molecule has 1 saturated carbocycles. The van der Waals surface area contributed by atoms with Gasteiger partial charge in [-0.05, 0) is 63.9 Å². The number of nitrogens with zero attached hydrogens (tertiary/aromatic N) is 1. The Morgan fingerprint density at radius 3 is 1.70 bits per heavy atom. The number of ether oxygens (including phenoxy) is 2. The van der Waals surface area contributed by atoms with Gasteiger partial charge in [-0.25, -0.2) is 0 Å². The molecule has 0 saturated heterocycles. The number of hydrogen-bond acceptors (Lipinski definition) is 4. The normalized spacial score (nSPS) is 15.4. The number of methoxy groups -OCH3 is 1. The summed E-state index contributed by atoms with van der Waals surface area (Å²) in [5, 5.41) is 0. The zero-order chi connectivity index (χ0) is 28.2. The van der Waals surface area contributed by atoms with Crippen LogP contribution in [0.3, 0.4) is 0 Å². The summed E-state index contributed by atoms with van der Waals surface area (Å²) in [5.74, 6) is 1.04. The lowest BCUT2D eigenvalue weighted by molar-refractivity contribution is -0.167. The van der Waals surface area contributed by atoms with E-state index in [1.165, 1.54) is 95.5 Å². The van der Waals surface area contributed by atoms with E-state index < -0.39 is 5.60 Å². The highest BCUT2D eigenvalue weighted by molar-refractivity contribution is 5.85. The van der Waals surface area contributed by atoms with Gasteiger partial charge in [0.1, 0.15) is 11.4 Å². The molecule has 232 valence electrons. The van der Waals surface area contributed by atoms with Crippen molar-refractivity contribution in [2.45, 2.75) is 153 Å². The van der Waals surface area contributed by atoms with Crippen LogP contribution >= 0.6 is 12.4 Å². The van der Waals surface area contributed by atoms with Crippen molar-refractivity contribution < 1.29 is 14.3 Å². The minimum Gasteiger partial charge on any atom is -0.497 e. The second-order valence-corrected chi connectivity index (χ2v) is 12.4. The molecule has 1 fully saturated rings. The van der Waals surface area contributed by atoms with E-state index in [4.69, 9.17) is 9.47 Å². The fraction of sp³-hybridized carbons (Fsp3) is 0.800. The van der Waals surface area contributed by atoms with E-state index in [9.17, 15) is 4.79 Å². The Hall–Kier alpha value is -1.26. The van der Waals surface area contributed by atoms with Crippen LogP contribution in [0.1, 0.15) is 153 Å². The average molecular weight is 580 g/mol. The third-order valence-corrected chi connectivity index (χ3v) is 8.70. The van der Waals surface area contributed by atoms with Crippen molar-refractivity contribution in [3.8, 4) is 5.75 Å². The number of rotatable bonds is 22. The fourth-order valence-electron chi connectivity index (χ4n) is 6.37. The largest absolute Gasteiger partial charge is 0.497 e. The van der Waals surface area contributed by atoms with Gasteiger partial charge in [-0.15, -0.1) is 12.4 Å². The molecular formula is C35H62ClNO3. The highest BCUT2D eigenvalue weighted by atomic mass is 35.5. The van der Waals surface area contributed by atoms with Crippen molar-refractivity contribution in [3.63, 3.8) is 0 Å². The van der Waals surface area contributed by atoms with E-state index in [1.807, 2.05) is 12.1 Å². The van der Waals surface area contributed by atoms with Crippen molar-refractivity contribution in [3.05, 3.63) is 29.8 Å². The number of halogens is 1. The molecule has 1 unspecified atom stereocenters. The lowest BCUT2D eigenvalue weighted by Gasteiger charge is -2.44. The van der Waals surface area contributed by atoms with Crippen LogP contribution in [-0.2, 0) is 9.53 Å². The van der Waals surface area contributed by atoms with Gasteiger partial charge in [0.15, 0.2) is 0 Å². The van der Waals surface area contributed by atoms with Crippen molar-refractivity contribution in [2.75, 3.05) is 27.7 Å². The molecule has 40 heavy (non-hydrogen) atoms. The smallest absolute Gasteiger partial charge is 0.306 e. The van der Waals surface area contributed by atoms with Crippen LogP contribution in [0.15, 0.2) is 24.3 Å². The quantitative estimate of drug-likeness (QED) is 0.101. The summed E-state index contributed by atoms with van der Waals surface area (Å²) >= 11 is 0. The van der Waals surface area contributed by atoms with Gasteiger partial charge in [0, 0.05) is 18.9 Å². The first-order valence-electron chi connectivity index (χ1n) is 16.5. The molecule has 0 bridgehead atoms. The SMILES string of the molecule is CCCCCCCCCCCCCCCCCC(=O)OC1(C(CN(C)C)c2ccc(OC)cc2)CCCCC1.Cl. The summed E-state index contributed by atoms with van der Waals surface area (Å²) in [4.78, 5) is 15.3. The van der Waals surface area contributed by atoms with Crippen LogP contribution < -0.4 is 4.74 Å². The van der Waals surface area contributed by atoms with E-state index in [0.29, 0.717) is 6.42 Å². The minimum absolute atomic E-state index is 0. The highest BCUT2D eigenvalue weighted by Gasteiger charge is 2.44. The molecule has 1 aromatic carbocycles. The second-order valence-electron chi connectivity index (χ2n) is 12.4. The number of benzene rings is 1. The molecule has 0 aliphatic heterocycles. The average Bonchev–Trinajstić information content (AvgIpc) is 2.94. The summed E-state index contributed by atoms with van der Waals surface area (Å²) in [6.07, 6.45) is 26.0. The van der Waals surface area contributed by atoms with Gasteiger partial charge in [-0.1, -0.05) is 115 Å². The number of hydrogen-bond donors (Lipinski definition) is 0. The Balaban J connectivity index is 0.00000800. The Morgan fingerprint density at radius 2 is 1.25 bits per heavy atom. The topological polar surface area (TPSA) is 38.8 Å². The summed E-state index contributed by atoms with van der Waals surface area (Å²) < 4.78 is 11.9. The van der Waals surface area contributed by atoms with Crippen LogP contribution in [-0.4, -0.2) is 44.2 Å². The lowest BCUT2D eigenvalue weighted by atomic mass is 9.72. The van der Waals surface area contributed by atoms with Gasteiger partial charge in [0.2, 0.25) is 0 Å². The molecule has 1 aliphatic rings. The standard InChI is InChI=1S/C35H61NO3.ClH/c1-5-6-7-8-9-10-11-12-13-14-15-16-17-18-20-23-34(37)39-35(28-21-19-22-29-35)33(30-36(2)3)31-24-26-32(38-4)27-25-31;/h24-27,33H,5-23,28-30H2,1-4H3;1H. The molecule has 0 N–H and O–H groups in total. The molecule has 5 heteroatoms. The molecular weight excluding hydrogens is 518 g/mol. The van der Waals surface area contributed by atoms with Crippen molar-refractivity contribution in [1.82, 2.24) is 4.90 Å². The number of carbonyl (C=O) groups excluding carboxylic acids is 1. The van der Waals surface area contributed by atoms with Crippen LogP contribution in [0.4, 0.5) is 0 Å². The van der Waals surface area contributed by atoms with E-state index in [0.717, 1.165) is 50.8 Å². The van der Waals surface area contributed by atoms with E-state index in [1.54, 1.807) is 7.11 Å². The third kappa shape index (κ3) is 14.6. The second kappa shape index (κ2) is 22.4. The molecule has 0 spiro atoms. The van der Waals surface area contributed by atoms with E-state index in [-0.39, 0.29) is 24.3 Å². The molecule has 0 heterocycles. The first-order chi connectivity index (χ1) is 19.0. The van der Waals surface area contributed by atoms with Gasteiger partial charge in [0.25, 0.3) is 0 Å². The van der Waals surface area contributed by atoms with Gasteiger partial charge >= 0.3 is 5.97 Å². The van der Waals surface area contributed by atoms with E-state index >= 15 is 0 Å². The van der Waals surface area contributed by atoms with Gasteiger partial charge in [-0.3, -0.25) is 4.79 Å². The molecule has 1 atom stereocenters. The predicted molar refractivity (Wildman–Crippen MR) is 173 cm³/mol. The maximum Gasteiger partial charge on any atom is 0.306 e. The molecule has 0 radical (unpaired) electrons. The summed E-state index contributed by atoms with van der Waals surface area (Å²) in [6, 6.07) is 8.38. The number of likely N-dealkylation sites (N-methyl/N-ethyl adjacent to an activating group) is 1. The molecule has 0 aromatic heterocycles. The summed E-state index contributed by atoms with van der Waals surface area (Å²) in [6.45, 7) is 3.16. The molecule has 1 aliphatic carbocycles. The maximum absolute atomic E-state index is 13.1. The summed E-state index contributed by atoms with van der Waals surface area (Å²) in [5.41, 5.74) is 0.843. The van der Waals surface area contributed by atoms with Gasteiger partial charge in [0.05, 0.1) is 7.11 Å². The first-order valence-corrected chi connectivity index (χ1v) is 16.5. The van der Waals surface area contributed by atoms with Crippen molar-refractivity contribution in [2.24, 2.45) is 0 Å². The third-order valence-electron chi connectivity index (χ3n) is 8.70. The minimum atomic E-state index is -0.399. The van der Waals surface area contributed by atoms with Gasteiger partial charge in [-0.2, -0.15) is 0 Å². The Bertz CT molecular complexity index is 746. The molecule has 4 nitrogen and oxygen atoms in total. The van der Waals surface area contributed by atoms with Crippen molar-refractivity contribution >= 4 is 18.4 Å². The zero-order valence-corrected chi connectivity index (χ0v) is 27.3. The lowest BCUT2D eigenvalue weighted by Crippen LogP contribution is -2.46. The number of carbonyl (C=O) groups is 1. The highest BCUT2D eigenvalue weighted by Crippen LogP contribution is 2.44. The van der Waals surface area contributed by atoms with Crippen LogP contribution in [0, 0.1) is 0 Å². The fourth-order valence-corrected chi connectivity index (χ4v) is 6.37. The van der Waals surface area contributed by atoms with Crippen LogP contribution in [0.2, 0.25) is 0 Å². The number of unbranched alkanes of at least 4 members (excludes halogenated alkanes) is 14. The van der Waals surface area contributed by atoms with Gasteiger partial charge < -0.3 is 14.4 Å². The molecule has 0 amide bonds. The summed E-state index contributed by atoms with van der Waals surface area (Å²) in [7, 11) is 5.93. The van der Waals surface area contributed by atoms with Crippen molar-refractivity contribution in [1.29, 1.82) is 0 Å². The molecule has 1 aromatic rings. The first kappa shape index (κ1) is 36.8. The Morgan fingerprint density at radius 1 is 0.775 bits per heavy atom. The predicted octanol–water partition coefficient (Wildman–Crippen LogP) is 10.3. The monoisotopic (exact) mass is 579 g/mol. The Kier molecular flexibility index (Phi) is 20.5. The van der Waals surface area contributed by atoms with E-state index in [2.05, 4.69) is 38.1 Å². The van der Waals surface area contributed by atoms with Crippen LogP contribution in [0.25, 0.3) is 0 Å². The molecule has 2 rings (SSSR count). The Labute approximate surface area is 253 Å². The zero-order valence-electron chi connectivity index (χ0n) is 26.5. The van der Waals surface area contributed by atoms with Crippen LogP contribution in [0.5, 0.6) is 5.75 Å².